The predicted octanol–water partition coefficient (Wildman–Crippen LogP) is 5.14. The Labute approximate surface area is 165 Å². The number of nitrogens with zero attached hydrogens (tertiary/aromatic N) is 2. The van der Waals surface area contributed by atoms with Crippen LogP contribution in [0.1, 0.15) is 16.7 Å². The van der Waals surface area contributed by atoms with E-state index >= 15 is 0 Å². The van der Waals surface area contributed by atoms with E-state index in [0.29, 0.717) is 19.5 Å². The van der Waals surface area contributed by atoms with Gasteiger partial charge in [0.15, 0.2) is 4.96 Å². The van der Waals surface area contributed by atoms with Crippen LogP contribution in [0.15, 0.2) is 33.5 Å². The number of halogens is 3. The van der Waals surface area contributed by atoms with Gasteiger partial charge in [-0.15, -0.1) is 0 Å². The molecule has 0 aliphatic rings. The molecule has 0 spiro atoms. The van der Waals surface area contributed by atoms with Crippen molar-refractivity contribution in [2.75, 3.05) is 0 Å². The highest BCUT2D eigenvalue weighted by Crippen LogP contribution is 2.30. The number of aromatic nitrogens is 2. The van der Waals surface area contributed by atoms with Crippen LogP contribution in [0.5, 0.6) is 0 Å². The van der Waals surface area contributed by atoms with Crippen molar-refractivity contribution in [3.63, 3.8) is 0 Å². The van der Waals surface area contributed by atoms with E-state index in [2.05, 4.69) is 20.9 Å². The van der Waals surface area contributed by atoms with E-state index in [1.807, 2.05) is 19.9 Å². The van der Waals surface area contributed by atoms with Crippen molar-refractivity contribution in [2.24, 2.45) is 0 Å². The lowest BCUT2D eigenvalue weighted by Gasteiger charge is -2.03. The second-order valence-electron chi connectivity index (χ2n) is 5.81. The molecule has 3 nitrogen and oxygen atoms in total. The first-order chi connectivity index (χ1) is 11.9. The minimum atomic E-state index is -0.0938. The fraction of sp³-hybridized carbons (Fsp3) is 0.111. The minimum Gasteiger partial charge on any atom is -0.267 e. The van der Waals surface area contributed by atoms with Crippen LogP contribution in [-0.2, 0) is 0 Å². The molecule has 4 aromatic rings. The third-order valence-corrected chi connectivity index (χ3v) is 6.73. The molecule has 0 radical (unpaired) electrons. The topological polar surface area (TPSA) is 34.4 Å². The molecular formula is C18H11BrCl2N2OS. The maximum atomic E-state index is 12.9. The fourth-order valence-electron chi connectivity index (χ4n) is 2.74. The maximum absolute atomic E-state index is 12.9. The summed E-state index contributed by atoms with van der Waals surface area (Å²) >= 11 is 17.1. The number of aryl methyl sites for hydroxylation is 1. The SMILES string of the molecule is Cc1cc2c(nc3s/c(=C/c4ccc(Cl)cc4Cl)c(=O)n32)c(Br)c1C. The number of fused-ring (bicyclic) bond motifs is 3. The summed E-state index contributed by atoms with van der Waals surface area (Å²) in [6.45, 7) is 4.06. The summed E-state index contributed by atoms with van der Waals surface area (Å²) in [4.78, 5) is 18.2. The second-order valence-corrected chi connectivity index (χ2v) is 8.46. The Morgan fingerprint density at radius 3 is 2.72 bits per heavy atom. The van der Waals surface area contributed by atoms with Crippen LogP contribution >= 0.6 is 50.5 Å². The lowest BCUT2D eigenvalue weighted by Crippen LogP contribution is -2.22. The van der Waals surface area contributed by atoms with Crippen molar-refractivity contribution < 1.29 is 0 Å². The average molecular weight is 454 g/mol. The number of thiazole rings is 1. The van der Waals surface area contributed by atoms with E-state index in [1.165, 1.54) is 11.3 Å². The Hall–Kier alpha value is -1.40. The van der Waals surface area contributed by atoms with Crippen LogP contribution in [-0.4, -0.2) is 9.38 Å². The van der Waals surface area contributed by atoms with E-state index in [1.54, 1.807) is 28.7 Å². The molecule has 7 heteroatoms. The molecule has 25 heavy (non-hydrogen) atoms. The molecule has 0 bridgehead atoms. The second kappa shape index (κ2) is 6.09. The number of imidazole rings is 1. The van der Waals surface area contributed by atoms with Crippen molar-refractivity contribution in [1.82, 2.24) is 9.38 Å². The zero-order chi connectivity index (χ0) is 17.9. The Balaban J connectivity index is 2.04. The molecule has 0 N–H and O–H groups in total. The normalized spacial score (nSPS) is 12.6. The van der Waals surface area contributed by atoms with Crippen molar-refractivity contribution in [2.45, 2.75) is 13.8 Å². The molecule has 2 heterocycles. The lowest BCUT2D eigenvalue weighted by molar-refractivity contribution is 1.18. The first kappa shape index (κ1) is 17.0. The van der Waals surface area contributed by atoms with Crippen LogP contribution in [0.3, 0.4) is 0 Å². The molecule has 4 rings (SSSR count). The van der Waals surface area contributed by atoms with Gasteiger partial charge >= 0.3 is 0 Å². The molecular weight excluding hydrogens is 443 g/mol. The van der Waals surface area contributed by atoms with E-state index < -0.39 is 0 Å². The Morgan fingerprint density at radius 1 is 1.24 bits per heavy atom. The largest absolute Gasteiger partial charge is 0.274 e. The quantitative estimate of drug-likeness (QED) is 0.399. The van der Waals surface area contributed by atoms with Crippen LogP contribution in [0.2, 0.25) is 10.0 Å². The summed E-state index contributed by atoms with van der Waals surface area (Å²) in [5, 5.41) is 1.07. The summed E-state index contributed by atoms with van der Waals surface area (Å²) in [5.41, 5.74) is 4.52. The molecule has 0 saturated carbocycles. The van der Waals surface area contributed by atoms with Gasteiger partial charge in [0.2, 0.25) is 0 Å². The molecule has 0 aliphatic heterocycles. The molecule has 0 atom stereocenters. The zero-order valence-electron chi connectivity index (χ0n) is 13.2. The van der Waals surface area contributed by atoms with Gasteiger partial charge in [0, 0.05) is 14.5 Å². The van der Waals surface area contributed by atoms with Crippen LogP contribution in [0.25, 0.3) is 22.1 Å². The predicted molar refractivity (Wildman–Crippen MR) is 109 cm³/mol. The monoisotopic (exact) mass is 452 g/mol. The number of benzene rings is 2. The average Bonchev–Trinajstić information content (AvgIpc) is 3.06. The van der Waals surface area contributed by atoms with E-state index in [0.717, 1.165) is 32.2 Å². The third-order valence-electron chi connectivity index (χ3n) is 4.23. The van der Waals surface area contributed by atoms with Crippen molar-refractivity contribution in [1.29, 1.82) is 0 Å². The van der Waals surface area contributed by atoms with Gasteiger partial charge in [-0.1, -0.05) is 40.6 Å². The highest BCUT2D eigenvalue weighted by molar-refractivity contribution is 9.10. The smallest absolute Gasteiger partial charge is 0.267 e. The molecule has 0 aliphatic carbocycles. The van der Waals surface area contributed by atoms with E-state index in [-0.39, 0.29) is 5.56 Å². The summed E-state index contributed by atoms with van der Waals surface area (Å²) in [6, 6.07) is 7.22. The number of hydrogen-bond donors (Lipinski definition) is 0. The highest BCUT2D eigenvalue weighted by Gasteiger charge is 2.16. The maximum Gasteiger partial charge on any atom is 0.274 e. The number of hydrogen-bond acceptors (Lipinski definition) is 3. The summed E-state index contributed by atoms with van der Waals surface area (Å²) < 4.78 is 3.18. The Morgan fingerprint density at radius 2 is 2.00 bits per heavy atom. The molecule has 2 aromatic heterocycles. The molecule has 0 unspecified atom stereocenters. The molecule has 0 fully saturated rings. The standard InChI is InChI=1S/C18H11BrCl2N2OS/c1-8-5-13-16(15(19)9(8)2)22-18-23(13)17(24)14(25-18)6-10-3-4-11(20)7-12(10)21/h3-7H,1-2H3/b14-6+. The van der Waals surface area contributed by atoms with E-state index in [9.17, 15) is 4.79 Å². The molecule has 0 saturated heterocycles. The van der Waals surface area contributed by atoms with Gasteiger partial charge in [-0.25, -0.2) is 9.38 Å². The molecule has 2 aromatic carbocycles. The Kier molecular flexibility index (Phi) is 4.15. The number of rotatable bonds is 1. The first-order valence-corrected chi connectivity index (χ1v) is 9.81. The zero-order valence-corrected chi connectivity index (χ0v) is 17.1. The van der Waals surface area contributed by atoms with Crippen molar-refractivity contribution in [3.05, 3.63) is 70.4 Å². The van der Waals surface area contributed by atoms with Gasteiger partial charge in [0.25, 0.3) is 5.56 Å². The van der Waals surface area contributed by atoms with Gasteiger partial charge in [-0.2, -0.15) is 0 Å². The van der Waals surface area contributed by atoms with E-state index in [4.69, 9.17) is 23.2 Å². The van der Waals surface area contributed by atoms with Gasteiger partial charge in [-0.05, 0) is 70.7 Å². The third kappa shape index (κ3) is 2.70. The summed E-state index contributed by atoms with van der Waals surface area (Å²) in [7, 11) is 0. The van der Waals surface area contributed by atoms with Crippen LogP contribution in [0.4, 0.5) is 0 Å². The summed E-state index contributed by atoms with van der Waals surface area (Å²) in [6.07, 6.45) is 1.78. The highest BCUT2D eigenvalue weighted by atomic mass is 79.9. The summed E-state index contributed by atoms with van der Waals surface area (Å²) in [5.74, 6) is 0. The van der Waals surface area contributed by atoms with Crippen LogP contribution < -0.4 is 10.1 Å². The Bertz CT molecular complexity index is 1280. The van der Waals surface area contributed by atoms with Gasteiger partial charge in [0.05, 0.1) is 10.0 Å². The van der Waals surface area contributed by atoms with Crippen LogP contribution in [0, 0.1) is 13.8 Å². The van der Waals surface area contributed by atoms with Gasteiger partial charge in [0.1, 0.15) is 5.52 Å². The molecule has 126 valence electrons. The van der Waals surface area contributed by atoms with Gasteiger partial charge < -0.3 is 0 Å². The first-order valence-electron chi connectivity index (χ1n) is 7.44. The van der Waals surface area contributed by atoms with Crippen molar-refractivity contribution >= 4 is 72.5 Å². The molecule has 0 amide bonds. The van der Waals surface area contributed by atoms with Crippen molar-refractivity contribution in [3.8, 4) is 0 Å². The van der Waals surface area contributed by atoms with Gasteiger partial charge in [-0.3, -0.25) is 4.79 Å². The fourth-order valence-corrected chi connectivity index (χ4v) is 4.78. The lowest BCUT2D eigenvalue weighted by atomic mass is 10.1. The minimum absolute atomic E-state index is 0.0938.